The number of rotatable bonds is 5. The van der Waals surface area contributed by atoms with Crippen LogP contribution in [0, 0.1) is 12.1 Å². The van der Waals surface area contributed by atoms with Crippen molar-refractivity contribution in [3.05, 3.63) is 88.0 Å². The van der Waals surface area contributed by atoms with Crippen LogP contribution in [-0.4, -0.2) is 17.0 Å². The number of aryl methyl sites for hydroxylation is 1. The van der Waals surface area contributed by atoms with E-state index in [0.29, 0.717) is 27.6 Å². The number of aromatic nitrogens is 2. The molecular formula is C20H15N3O5. The monoisotopic (exact) mass is 377 g/mol. The lowest BCUT2D eigenvalue weighted by molar-refractivity contribution is -0.808. The summed E-state index contributed by atoms with van der Waals surface area (Å²) in [4.78, 5) is 16.7. The van der Waals surface area contributed by atoms with Crippen molar-refractivity contribution in [3.63, 3.8) is 0 Å². The van der Waals surface area contributed by atoms with Gasteiger partial charge in [0.1, 0.15) is 5.75 Å². The summed E-state index contributed by atoms with van der Waals surface area (Å²) in [5.41, 5.74) is 2.39. The summed E-state index contributed by atoms with van der Waals surface area (Å²) in [6.07, 6.45) is 1.61. The number of carbonyl (C=O) groups excluding carboxylic acids is 1. The summed E-state index contributed by atoms with van der Waals surface area (Å²) in [6.45, 7) is 1.67. The van der Waals surface area contributed by atoms with Crippen LogP contribution in [0.4, 0.5) is 0 Å². The molecule has 3 aromatic rings. The molecule has 1 aliphatic heterocycles. The molecule has 0 saturated carbocycles. The Balaban J connectivity index is 1.53. The number of cyclic esters (lactones) is 1. The molecule has 2 heterocycles. The van der Waals surface area contributed by atoms with E-state index in [-0.39, 0.29) is 18.2 Å². The molecule has 2 aromatic carbocycles. The van der Waals surface area contributed by atoms with E-state index in [0.717, 1.165) is 5.56 Å². The zero-order valence-corrected chi connectivity index (χ0v) is 14.9. The third-order valence-corrected chi connectivity index (χ3v) is 4.07. The van der Waals surface area contributed by atoms with E-state index in [1.807, 2.05) is 36.4 Å². The van der Waals surface area contributed by atoms with Gasteiger partial charge in [-0.1, -0.05) is 30.3 Å². The maximum Gasteiger partial charge on any atom is 0.363 e. The predicted octanol–water partition coefficient (Wildman–Crippen LogP) is 2.54. The summed E-state index contributed by atoms with van der Waals surface area (Å²) in [7, 11) is 0. The molecule has 0 spiro atoms. The first-order valence-corrected chi connectivity index (χ1v) is 8.46. The molecule has 0 amide bonds. The van der Waals surface area contributed by atoms with E-state index in [1.165, 1.54) is 0 Å². The number of ether oxygens (including phenoxy) is 2. The molecule has 1 aromatic heterocycles. The van der Waals surface area contributed by atoms with Crippen molar-refractivity contribution in [2.24, 2.45) is 4.99 Å². The van der Waals surface area contributed by atoms with E-state index < -0.39 is 5.97 Å². The summed E-state index contributed by atoms with van der Waals surface area (Å²) < 4.78 is 15.4. The highest BCUT2D eigenvalue weighted by Crippen LogP contribution is 2.21. The number of hydrogen-bond acceptors (Lipinski definition) is 7. The Bertz CT molecular complexity index is 1070. The summed E-state index contributed by atoms with van der Waals surface area (Å²) >= 11 is 0. The number of benzene rings is 2. The number of nitrogens with zero attached hydrogens (tertiary/aromatic N) is 3. The summed E-state index contributed by atoms with van der Waals surface area (Å²) in [5.74, 6) is 0.276. The van der Waals surface area contributed by atoms with E-state index in [9.17, 15) is 10.0 Å². The smallest absolute Gasteiger partial charge is 0.363 e. The van der Waals surface area contributed by atoms with E-state index in [4.69, 9.17) is 9.47 Å². The van der Waals surface area contributed by atoms with Gasteiger partial charge in [-0.25, -0.2) is 9.79 Å². The first-order chi connectivity index (χ1) is 13.6. The van der Waals surface area contributed by atoms with Crippen LogP contribution in [0.3, 0.4) is 0 Å². The van der Waals surface area contributed by atoms with Gasteiger partial charge in [0.05, 0.1) is 0 Å². The molecule has 8 nitrogen and oxygen atoms in total. The van der Waals surface area contributed by atoms with E-state index >= 15 is 0 Å². The quantitative estimate of drug-likeness (QED) is 0.385. The molecule has 4 rings (SSSR count). The number of esters is 1. The number of hydrogen-bond donors (Lipinski definition) is 0. The van der Waals surface area contributed by atoms with Gasteiger partial charge >= 0.3 is 5.97 Å². The number of aliphatic imine (C=N–C) groups is 1. The Morgan fingerprint density at radius 2 is 2.00 bits per heavy atom. The van der Waals surface area contributed by atoms with Crippen molar-refractivity contribution >= 4 is 17.9 Å². The SMILES string of the molecule is Cc1no[n+]([O-])c1COc1cccc(C=C2N=C(c3ccccc3)OC2=O)c1. The van der Waals surface area contributed by atoms with Gasteiger partial charge in [0.25, 0.3) is 0 Å². The maximum atomic E-state index is 12.1. The molecule has 1 aliphatic rings. The van der Waals surface area contributed by atoms with Crippen molar-refractivity contribution in [1.29, 1.82) is 0 Å². The van der Waals surface area contributed by atoms with E-state index in [1.54, 1.807) is 31.2 Å². The molecule has 0 unspecified atom stereocenters. The van der Waals surface area contributed by atoms with Gasteiger partial charge in [-0.05, 0) is 40.8 Å². The molecule has 0 saturated heterocycles. The second-order valence-corrected chi connectivity index (χ2v) is 6.03. The summed E-state index contributed by atoms with van der Waals surface area (Å²) in [5, 5.41) is 15.0. The van der Waals surface area contributed by atoms with Crippen molar-refractivity contribution in [2.75, 3.05) is 0 Å². The minimum Gasteiger partial charge on any atom is -0.485 e. The average molecular weight is 377 g/mol. The Morgan fingerprint density at radius 3 is 2.75 bits per heavy atom. The molecule has 0 N–H and O–H groups in total. The van der Waals surface area contributed by atoms with Crippen LogP contribution in [0.25, 0.3) is 6.08 Å². The summed E-state index contributed by atoms with van der Waals surface area (Å²) in [6, 6.07) is 16.3. The zero-order chi connectivity index (χ0) is 19.5. The van der Waals surface area contributed by atoms with Crippen LogP contribution >= 0.6 is 0 Å². The highest BCUT2D eigenvalue weighted by atomic mass is 16.8. The van der Waals surface area contributed by atoms with Crippen LogP contribution < -0.4 is 9.64 Å². The van der Waals surface area contributed by atoms with Crippen LogP contribution in [0.2, 0.25) is 0 Å². The average Bonchev–Trinajstić information content (AvgIpc) is 3.23. The first-order valence-electron chi connectivity index (χ1n) is 8.46. The second-order valence-electron chi connectivity index (χ2n) is 6.03. The van der Waals surface area contributed by atoms with Gasteiger partial charge in [-0.3, -0.25) is 4.63 Å². The topological polar surface area (TPSA) is 101 Å². The minimum absolute atomic E-state index is 0.0111. The van der Waals surface area contributed by atoms with Gasteiger partial charge in [0.15, 0.2) is 12.3 Å². The molecule has 0 aliphatic carbocycles. The minimum atomic E-state index is -0.516. The highest BCUT2D eigenvalue weighted by molar-refractivity contribution is 6.12. The van der Waals surface area contributed by atoms with E-state index in [2.05, 4.69) is 14.8 Å². The Morgan fingerprint density at radius 1 is 1.18 bits per heavy atom. The fourth-order valence-corrected chi connectivity index (χ4v) is 2.61. The van der Waals surface area contributed by atoms with Crippen LogP contribution in [0.5, 0.6) is 5.75 Å². The van der Waals surface area contributed by atoms with Crippen LogP contribution in [0.15, 0.2) is 69.9 Å². The van der Waals surface area contributed by atoms with Gasteiger partial charge in [-0.15, -0.1) is 0 Å². The third kappa shape index (κ3) is 3.61. The van der Waals surface area contributed by atoms with Gasteiger partial charge in [0, 0.05) is 17.6 Å². The fourth-order valence-electron chi connectivity index (χ4n) is 2.61. The molecule has 140 valence electrons. The standard InChI is InChI=1S/C20H15N3O5/c1-13-18(23(25)28-22-13)12-26-16-9-5-6-14(10-16)11-17-20(24)27-19(21-17)15-7-3-2-4-8-15/h2-11H,12H2,1H3. The van der Waals surface area contributed by atoms with Gasteiger partial charge < -0.3 is 14.7 Å². The van der Waals surface area contributed by atoms with Crippen molar-refractivity contribution in [2.45, 2.75) is 13.5 Å². The largest absolute Gasteiger partial charge is 0.485 e. The normalized spacial score (nSPS) is 14.8. The first kappa shape index (κ1) is 17.5. The molecule has 8 heteroatoms. The molecule has 0 fully saturated rings. The zero-order valence-electron chi connectivity index (χ0n) is 14.9. The lowest BCUT2D eigenvalue weighted by Crippen LogP contribution is -2.29. The Kier molecular flexibility index (Phi) is 4.59. The molecule has 0 atom stereocenters. The molecule has 0 bridgehead atoms. The molecule has 0 radical (unpaired) electrons. The van der Waals surface area contributed by atoms with Crippen molar-refractivity contribution in [3.8, 4) is 5.75 Å². The maximum absolute atomic E-state index is 12.1. The third-order valence-electron chi connectivity index (χ3n) is 4.07. The lowest BCUT2D eigenvalue weighted by Gasteiger charge is -2.05. The fraction of sp³-hybridized carbons (Fsp3) is 0.100. The molecule has 28 heavy (non-hydrogen) atoms. The van der Waals surface area contributed by atoms with Crippen LogP contribution in [-0.2, 0) is 16.1 Å². The number of carbonyl (C=O) groups is 1. The Hall–Kier alpha value is -3.94. The van der Waals surface area contributed by atoms with Crippen molar-refractivity contribution < 1.29 is 23.8 Å². The Labute approximate surface area is 159 Å². The van der Waals surface area contributed by atoms with Gasteiger partial charge in [-0.2, -0.15) is 0 Å². The lowest BCUT2D eigenvalue weighted by atomic mass is 10.2. The molecular weight excluding hydrogens is 362 g/mol. The van der Waals surface area contributed by atoms with Crippen LogP contribution in [0.1, 0.15) is 22.5 Å². The second kappa shape index (κ2) is 7.36. The van der Waals surface area contributed by atoms with Gasteiger partial charge in [0.2, 0.25) is 17.3 Å². The highest BCUT2D eigenvalue weighted by Gasteiger charge is 2.24. The van der Waals surface area contributed by atoms with Crippen molar-refractivity contribution in [1.82, 2.24) is 5.16 Å². The predicted molar refractivity (Wildman–Crippen MR) is 98.0 cm³/mol.